The van der Waals surface area contributed by atoms with Crippen LogP contribution in [0.1, 0.15) is 24.8 Å². The maximum Gasteiger partial charge on any atom is 0.0991 e. The van der Waals surface area contributed by atoms with Gasteiger partial charge in [0.2, 0.25) is 0 Å². The summed E-state index contributed by atoms with van der Waals surface area (Å²) in [5.74, 6) is 0.772. The molecular formula is C14H16N2O. The highest BCUT2D eigenvalue weighted by atomic mass is 16.5. The Morgan fingerprint density at radius 3 is 2.59 bits per heavy atom. The van der Waals surface area contributed by atoms with Crippen LogP contribution in [0.25, 0.3) is 0 Å². The molecule has 2 fully saturated rings. The van der Waals surface area contributed by atoms with E-state index in [9.17, 15) is 0 Å². The summed E-state index contributed by atoms with van der Waals surface area (Å²) in [6.07, 6.45) is 4.11. The molecule has 1 aliphatic carbocycles. The van der Waals surface area contributed by atoms with Crippen molar-refractivity contribution in [3.8, 4) is 6.07 Å². The van der Waals surface area contributed by atoms with Crippen LogP contribution in [0, 0.1) is 17.2 Å². The Bertz CT molecular complexity index is 431. The molecule has 1 heterocycles. The van der Waals surface area contributed by atoms with E-state index in [1.165, 1.54) is 12.8 Å². The molecule has 0 amide bonds. The van der Waals surface area contributed by atoms with E-state index >= 15 is 0 Å². The van der Waals surface area contributed by atoms with E-state index in [1.54, 1.807) is 0 Å². The van der Waals surface area contributed by atoms with Gasteiger partial charge in [-0.1, -0.05) is 0 Å². The Labute approximate surface area is 101 Å². The number of nitriles is 1. The van der Waals surface area contributed by atoms with Crippen LogP contribution in [-0.2, 0) is 4.74 Å². The van der Waals surface area contributed by atoms with Crippen LogP contribution in [0.3, 0.4) is 0 Å². The number of anilines is 1. The Kier molecular flexibility index (Phi) is 2.74. The molecule has 1 saturated carbocycles. The second-order valence-electron chi connectivity index (χ2n) is 4.90. The fraction of sp³-hybridized carbons (Fsp3) is 0.500. The van der Waals surface area contributed by atoms with Crippen molar-refractivity contribution in [2.75, 3.05) is 11.9 Å². The number of nitrogens with zero attached hydrogens (tertiary/aromatic N) is 1. The summed E-state index contributed by atoms with van der Waals surface area (Å²) in [6, 6.07) is 10.2. The summed E-state index contributed by atoms with van der Waals surface area (Å²) >= 11 is 0. The number of hydrogen-bond acceptors (Lipinski definition) is 3. The summed E-state index contributed by atoms with van der Waals surface area (Å²) < 4.78 is 5.79. The summed E-state index contributed by atoms with van der Waals surface area (Å²) in [4.78, 5) is 0. The molecule has 3 rings (SSSR count). The van der Waals surface area contributed by atoms with E-state index < -0.39 is 0 Å². The molecule has 1 aromatic carbocycles. The van der Waals surface area contributed by atoms with Crippen LogP contribution in [0.4, 0.5) is 5.69 Å². The van der Waals surface area contributed by atoms with Crippen molar-refractivity contribution in [2.45, 2.75) is 31.4 Å². The SMILES string of the molecule is N#Cc1ccc(NC2CCOC2C2CC2)cc1. The van der Waals surface area contributed by atoms with Gasteiger partial charge in [-0.3, -0.25) is 0 Å². The highest BCUT2D eigenvalue weighted by Gasteiger charge is 2.40. The van der Waals surface area contributed by atoms with Crippen LogP contribution in [-0.4, -0.2) is 18.8 Å². The number of benzene rings is 1. The first-order chi connectivity index (χ1) is 8.36. The molecule has 3 heteroatoms. The molecule has 2 unspecified atom stereocenters. The van der Waals surface area contributed by atoms with Crippen molar-refractivity contribution in [1.29, 1.82) is 5.26 Å². The topological polar surface area (TPSA) is 45.0 Å². The molecule has 17 heavy (non-hydrogen) atoms. The lowest BCUT2D eigenvalue weighted by atomic mass is 10.1. The summed E-state index contributed by atoms with van der Waals surface area (Å²) in [5.41, 5.74) is 1.79. The van der Waals surface area contributed by atoms with Gasteiger partial charge >= 0.3 is 0 Å². The summed E-state index contributed by atoms with van der Waals surface area (Å²) in [5, 5.41) is 12.3. The standard InChI is InChI=1S/C14H16N2O/c15-9-10-1-5-12(6-2-10)16-13-7-8-17-14(13)11-3-4-11/h1-2,5-6,11,13-14,16H,3-4,7-8H2. The van der Waals surface area contributed by atoms with Gasteiger partial charge in [0.15, 0.2) is 0 Å². The number of hydrogen-bond donors (Lipinski definition) is 1. The maximum atomic E-state index is 8.75. The zero-order chi connectivity index (χ0) is 11.7. The minimum absolute atomic E-state index is 0.394. The number of nitrogens with one attached hydrogen (secondary N) is 1. The van der Waals surface area contributed by atoms with Crippen LogP contribution in [0.15, 0.2) is 24.3 Å². The number of ether oxygens (including phenoxy) is 1. The zero-order valence-corrected chi connectivity index (χ0v) is 9.73. The molecule has 1 aliphatic heterocycles. The minimum atomic E-state index is 0.394. The van der Waals surface area contributed by atoms with E-state index in [0.29, 0.717) is 17.7 Å². The fourth-order valence-electron chi connectivity index (χ4n) is 2.51. The largest absolute Gasteiger partial charge is 0.380 e. The average molecular weight is 228 g/mol. The lowest BCUT2D eigenvalue weighted by Gasteiger charge is -2.20. The van der Waals surface area contributed by atoms with Gasteiger partial charge in [0, 0.05) is 12.3 Å². The smallest absolute Gasteiger partial charge is 0.0991 e. The second-order valence-corrected chi connectivity index (χ2v) is 4.90. The van der Waals surface area contributed by atoms with Crippen molar-refractivity contribution in [3.05, 3.63) is 29.8 Å². The first-order valence-electron chi connectivity index (χ1n) is 6.25. The monoisotopic (exact) mass is 228 g/mol. The molecule has 0 spiro atoms. The van der Waals surface area contributed by atoms with Gasteiger partial charge in [0.1, 0.15) is 0 Å². The van der Waals surface area contributed by atoms with E-state index in [1.807, 2.05) is 24.3 Å². The van der Waals surface area contributed by atoms with Crippen molar-refractivity contribution in [1.82, 2.24) is 0 Å². The van der Waals surface area contributed by atoms with Crippen molar-refractivity contribution in [2.24, 2.45) is 5.92 Å². The van der Waals surface area contributed by atoms with Crippen LogP contribution >= 0.6 is 0 Å². The molecule has 1 aromatic rings. The summed E-state index contributed by atoms with van der Waals surface area (Å²) in [7, 11) is 0. The van der Waals surface area contributed by atoms with Crippen LogP contribution < -0.4 is 5.32 Å². The van der Waals surface area contributed by atoms with Crippen molar-refractivity contribution < 1.29 is 4.74 Å². The molecule has 0 aromatic heterocycles. The molecular weight excluding hydrogens is 212 g/mol. The number of rotatable bonds is 3. The van der Waals surface area contributed by atoms with Gasteiger partial charge in [-0.25, -0.2) is 0 Å². The lowest BCUT2D eigenvalue weighted by Crippen LogP contribution is -2.30. The van der Waals surface area contributed by atoms with E-state index in [-0.39, 0.29) is 0 Å². The van der Waals surface area contributed by atoms with Gasteiger partial charge in [-0.2, -0.15) is 5.26 Å². The highest BCUT2D eigenvalue weighted by molar-refractivity contribution is 5.48. The van der Waals surface area contributed by atoms with Gasteiger partial charge in [-0.05, 0) is 49.4 Å². The average Bonchev–Trinajstić information content (AvgIpc) is 3.11. The molecule has 2 aliphatic rings. The zero-order valence-electron chi connectivity index (χ0n) is 9.73. The van der Waals surface area contributed by atoms with Crippen molar-refractivity contribution in [3.63, 3.8) is 0 Å². The predicted molar refractivity (Wildman–Crippen MR) is 65.6 cm³/mol. The van der Waals surface area contributed by atoms with Gasteiger partial charge < -0.3 is 10.1 Å². The van der Waals surface area contributed by atoms with Gasteiger partial charge in [-0.15, -0.1) is 0 Å². The third-order valence-electron chi connectivity index (χ3n) is 3.59. The third kappa shape index (κ3) is 2.27. The van der Waals surface area contributed by atoms with E-state index in [0.717, 1.165) is 24.6 Å². The van der Waals surface area contributed by atoms with Crippen molar-refractivity contribution >= 4 is 5.69 Å². The van der Waals surface area contributed by atoms with Gasteiger partial charge in [0.05, 0.1) is 23.8 Å². The fourth-order valence-corrected chi connectivity index (χ4v) is 2.51. The predicted octanol–water partition coefficient (Wildman–Crippen LogP) is 2.54. The normalized spacial score (nSPS) is 27.7. The molecule has 88 valence electrons. The summed E-state index contributed by atoms with van der Waals surface area (Å²) in [6.45, 7) is 0.870. The Morgan fingerprint density at radius 1 is 1.18 bits per heavy atom. The first kappa shape index (κ1) is 10.6. The van der Waals surface area contributed by atoms with Crippen LogP contribution in [0.5, 0.6) is 0 Å². The highest BCUT2D eigenvalue weighted by Crippen LogP contribution is 2.39. The minimum Gasteiger partial charge on any atom is -0.380 e. The molecule has 0 bridgehead atoms. The molecule has 2 atom stereocenters. The quantitative estimate of drug-likeness (QED) is 0.864. The third-order valence-corrected chi connectivity index (χ3v) is 3.59. The Hall–Kier alpha value is -1.53. The Morgan fingerprint density at radius 2 is 1.94 bits per heavy atom. The van der Waals surface area contributed by atoms with E-state index in [4.69, 9.17) is 10.00 Å². The Balaban J connectivity index is 1.67. The molecule has 3 nitrogen and oxygen atoms in total. The van der Waals surface area contributed by atoms with Gasteiger partial charge in [0.25, 0.3) is 0 Å². The molecule has 1 saturated heterocycles. The molecule has 1 N–H and O–H groups in total. The maximum absolute atomic E-state index is 8.75. The van der Waals surface area contributed by atoms with E-state index in [2.05, 4.69) is 11.4 Å². The second kappa shape index (κ2) is 4.38. The van der Waals surface area contributed by atoms with Crippen LogP contribution in [0.2, 0.25) is 0 Å². The first-order valence-corrected chi connectivity index (χ1v) is 6.25. The molecule has 0 radical (unpaired) electrons. The lowest BCUT2D eigenvalue weighted by molar-refractivity contribution is 0.0898.